The van der Waals surface area contributed by atoms with Crippen LogP contribution in [0, 0.1) is 6.92 Å². The van der Waals surface area contributed by atoms with E-state index < -0.39 is 0 Å². The van der Waals surface area contributed by atoms with Gasteiger partial charge in [-0.3, -0.25) is 9.59 Å². The highest BCUT2D eigenvalue weighted by molar-refractivity contribution is 7.99. The number of hydrogen-bond donors (Lipinski definition) is 2. The maximum Gasteiger partial charge on any atom is 0.260 e. The van der Waals surface area contributed by atoms with Crippen LogP contribution in [0.15, 0.2) is 34.2 Å². The number of H-pyrrole nitrogens is 1. The third-order valence-electron chi connectivity index (χ3n) is 3.44. The fourth-order valence-electron chi connectivity index (χ4n) is 2.38. The van der Waals surface area contributed by atoms with Gasteiger partial charge in [0.25, 0.3) is 5.56 Å². The molecule has 0 aliphatic carbocycles. The van der Waals surface area contributed by atoms with Gasteiger partial charge in [-0.15, -0.1) is 11.3 Å². The number of primary amides is 1. The standard InChI is InChI=1S/C16H14ClN3O2S2/c1-8-12(9-2-4-10(17)5-3-9)13-14(22)19-16(20-15(13)24-8)23-7-6-11(18)21/h2-5H,6-7H2,1H3,(H2,18,21)(H,19,20,22). The number of hydrogen-bond acceptors (Lipinski definition) is 5. The van der Waals surface area contributed by atoms with Crippen molar-refractivity contribution in [2.45, 2.75) is 18.5 Å². The molecule has 0 unspecified atom stereocenters. The Labute approximate surface area is 151 Å². The number of carbonyl (C=O) groups excluding carboxylic acids is 1. The molecular weight excluding hydrogens is 366 g/mol. The van der Waals surface area contributed by atoms with Gasteiger partial charge in [0.1, 0.15) is 4.83 Å². The summed E-state index contributed by atoms with van der Waals surface area (Å²) in [5.41, 5.74) is 6.76. The lowest BCUT2D eigenvalue weighted by Gasteiger charge is -2.03. The summed E-state index contributed by atoms with van der Waals surface area (Å²) < 4.78 is 0. The third kappa shape index (κ3) is 3.48. The van der Waals surface area contributed by atoms with Crippen LogP contribution in [-0.2, 0) is 4.79 Å². The molecule has 0 saturated heterocycles. The van der Waals surface area contributed by atoms with E-state index in [-0.39, 0.29) is 17.9 Å². The van der Waals surface area contributed by atoms with Gasteiger partial charge in [-0.05, 0) is 24.6 Å². The van der Waals surface area contributed by atoms with Crippen LogP contribution >= 0.6 is 34.7 Å². The molecule has 3 N–H and O–H groups in total. The fraction of sp³-hybridized carbons (Fsp3) is 0.188. The van der Waals surface area contributed by atoms with E-state index in [1.54, 1.807) is 12.1 Å². The number of thiophene rings is 1. The molecule has 1 amide bonds. The van der Waals surface area contributed by atoms with E-state index in [2.05, 4.69) is 9.97 Å². The summed E-state index contributed by atoms with van der Waals surface area (Å²) >= 11 is 8.73. The topological polar surface area (TPSA) is 88.8 Å². The molecule has 3 rings (SSSR count). The predicted octanol–water partition coefficient (Wildman–Crippen LogP) is 3.58. The second-order valence-electron chi connectivity index (χ2n) is 5.16. The van der Waals surface area contributed by atoms with Gasteiger partial charge in [-0.2, -0.15) is 0 Å². The normalized spacial score (nSPS) is 11.1. The summed E-state index contributed by atoms with van der Waals surface area (Å²) in [6.45, 7) is 1.97. The number of halogens is 1. The zero-order valence-electron chi connectivity index (χ0n) is 12.8. The van der Waals surface area contributed by atoms with Crippen LogP contribution in [-0.4, -0.2) is 21.6 Å². The molecule has 0 bridgehead atoms. The van der Waals surface area contributed by atoms with E-state index in [9.17, 15) is 9.59 Å². The summed E-state index contributed by atoms with van der Waals surface area (Å²) in [4.78, 5) is 32.3. The Morgan fingerprint density at radius 1 is 1.38 bits per heavy atom. The van der Waals surface area contributed by atoms with Crippen molar-refractivity contribution in [2.75, 3.05) is 5.75 Å². The number of aryl methyl sites for hydroxylation is 1. The molecule has 0 spiro atoms. The fourth-order valence-corrected chi connectivity index (χ4v) is 4.43. The molecule has 0 atom stereocenters. The quantitative estimate of drug-likeness (QED) is 0.523. The molecule has 5 nitrogen and oxygen atoms in total. The van der Waals surface area contributed by atoms with E-state index in [1.807, 2.05) is 19.1 Å². The molecule has 1 aromatic carbocycles. The number of aromatic amines is 1. The maximum absolute atomic E-state index is 12.6. The molecule has 0 aliphatic rings. The maximum atomic E-state index is 12.6. The number of nitrogens with two attached hydrogens (primary N) is 1. The number of carbonyl (C=O) groups is 1. The van der Waals surface area contributed by atoms with Gasteiger partial charge in [0.05, 0.1) is 5.39 Å². The summed E-state index contributed by atoms with van der Waals surface area (Å²) in [6.07, 6.45) is 0.242. The van der Waals surface area contributed by atoms with Crippen LogP contribution in [0.4, 0.5) is 0 Å². The highest BCUT2D eigenvalue weighted by atomic mass is 35.5. The van der Waals surface area contributed by atoms with Gasteiger partial charge in [-0.1, -0.05) is 35.5 Å². The number of amides is 1. The Morgan fingerprint density at radius 3 is 2.75 bits per heavy atom. The van der Waals surface area contributed by atoms with Crippen LogP contribution < -0.4 is 11.3 Å². The largest absolute Gasteiger partial charge is 0.370 e. The molecule has 8 heteroatoms. The van der Waals surface area contributed by atoms with Crippen molar-refractivity contribution in [1.82, 2.24) is 9.97 Å². The first-order chi connectivity index (χ1) is 11.5. The molecule has 2 aromatic heterocycles. The summed E-state index contributed by atoms with van der Waals surface area (Å²) in [7, 11) is 0. The molecular formula is C16H14ClN3O2S2. The lowest BCUT2D eigenvalue weighted by molar-refractivity contribution is -0.117. The first-order valence-corrected chi connectivity index (χ1v) is 9.34. The van der Waals surface area contributed by atoms with Gasteiger partial charge in [0.2, 0.25) is 5.91 Å². The van der Waals surface area contributed by atoms with Gasteiger partial charge >= 0.3 is 0 Å². The minimum absolute atomic E-state index is 0.184. The van der Waals surface area contributed by atoms with E-state index in [0.29, 0.717) is 26.1 Å². The van der Waals surface area contributed by atoms with E-state index in [0.717, 1.165) is 16.0 Å². The average Bonchev–Trinajstić information content (AvgIpc) is 2.84. The van der Waals surface area contributed by atoms with Gasteiger partial charge in [0.15, 0.2) is 5.16 Å². The number of fused-ring (bicyclic) bond motifs is 1. The number of aromatic nitrogens is 2. The first kappa shape index (κ1) is 17.0. The summed E-state index contributed by atoms with van der Waals surface area (Å²) in [5.74, 6) is 0.112. The lowest BCUT2D eigenvalue weighted by Crippen LogP contribution is -2.12. The minimum atomic E-state index is -0.372. The monoisotopic (exact) mass is 379 g/mol. The zero-order valence-corrected chi connectivity index (χ0v) is 15.1. The average molecular weight is 380 g/mol. The van der Waals surface area contributed by atoms with Crippen molar-refractivity contribution in [2.24, 2.45) is 5.73 Å². The van der Waals surface area contributed by atoms with Crippen molar-refractivity contribution in [1.29, 1.82) is 0 Å². The van der Waals surface area contributed by atoms with E-state index in [4.69, 9.17) is 17.3 Å². The van der Waals surface area contributed by atoms with Crippen molar-refractivity contribution in [3.05, 3.63) is 44.5 Å². The van der Waals surface area contributed by atoms with Crippen molar-refractivity contribution >= 4 is 50.8 Å². The Bertz CT molecular complexity index is 964. The second-order valence-corrected chi connectivity index (χ2v) is 7.88. The van der Waals surface area contributed by atoms with Crippen LogP contribution in [0.1, 0.15) is 11.3 Å². The highest BCUT2D eigenvalue weighted by Crippen LogP contribution is 2.36. The summed E-state index contributed by atoms with van der Waals surface area (Å²) in [5, 5.41) is 1.73. The number of benzene rings is 1. The predicted molar refractivity (Wildman–Crippen MR) is 100.0 cm³/mol. The molecule has 24 heavy (non-hydrogen) atoms. The molecule has 124 valence electrons. The highest BCUT2D eigenvalue weighted by Gasteiger charge is 2.16. The van der Waals surface area contributed by atoms with Gasteiger partial charge < -0.3 is 10.7 Å². The minimum Gasteiger partial charge on any atom is -0.370 e. The smallest absolute Gasteiger partial charge is 0.260 e. The van der Waals surface area contributed by atoms with E-state index in [1.165, 1.54) is 23.1 Å². The Balaban J connectivity index is 2.03. The number of nitrogens with zero attached hydrogens (tertiary/aromatic N) is 1. The SMILES string of the molecule is Cc1sc2nc(SCCC(N)=O)[nH]c(=O)c2c1-c1ccc(Cl)cc1. The van der Waals surface area contributed by atoms with Gasteiger partial charge in [-0.25, -0.2) is 4.98 Å². The Morgan fingerprint density at radius 2 is 2.08 bits per heavy atom. The molecule has 3 aromatic rings. The third-order valence-corrected chi connectivity index (χ3v) is 5.56. The first-order valence-electron chi connectivity index (χ1n) is 7.16. The summed E-state index contributed by atoms with van der Waals surface area (Å²) in [6, 6.07) is 7.39. The molecule has 2 heterocycles. The van der Waals surface area contributed by atoms with Crippen molar-refractivity contribution < 1.29 is 4.79 Å². The number of nitrogens with one attached hydrogen (secondary N) is 1. The van der Waals surface area contributed by atoms with Crippen molar-refractivity contribution in [3.63, 3.8) is 0 Å². The van der Waals surface area contributed by atoms with Gasteiger partial charge in [0, 0.05) is 27.6 Å². The molecule has 0 aliphatic heterocycles. The van der Waals surface area contributed by atoms with Crippen LogP contribution in [0.25, 0.3) is 21.3 Å². The van der Waals surface area contributed by atoms with Crippen LogP contribution in [0.3, 0.4) is 0 Å². The molecule has 0 saturated carbocycles. The lowest BCUT2D eigenvalue weighted by atomic mass is 10.0. The molecule has 0 radical (unpaired) electrons. The van der Waals surface area contributed by atoms with E-state index >= 15 is 0 Å². The van der Waals surface area contributed by atoms with Crippen LogP contribution in [0.2, 0.25) is 5.02 Å². The second kappa shape index (κ2) is 6.96. The Hall–Kier alpha value is -1.83. The Kier molecular flexibility index (Phi) is 4.93. The zero-order chi connectivity index (χ0) is 17.3. The number of thioether (sulfide) groups is 1. The van der Waals surface area contributed by atoms with Crippen molar-refractivity contribution in [3.8, 4) is 11.1 Å². The molecule has 0 fully saturated rings. The number of rotatable bonds is 5. The van der Waals surface area contributed by atoms with Crippen LogP contribution in [0.5, 0.6) is 0 Å².